The van der Waals surface area contributed by atoms with Crippen molar-refractivity contribution in [3.05, 3.63) is 38.7 Å². The first-order valence-corrected chi connectivity index (χ1v) is 6.88. The maximum atomic E-state index is 11.1. The average Bonchev–Trinajstić information content (AvgIpc) is 2.99. The van der Waals surface area contributed by atoms with Crippen LogP contribution >= 0.6 is 11.3 Å². The van der Waals surface area contributed by atoms with Crippen LogP contribution in [-0.4, -0.2) is 29.0 Å². The number of hydrogen-bond donors (Lipinski definition) is 1. The third kappa shape index (κ3) is 2.69. The van der Waals surface area contributed by atoms with Gasteiger partial charge in [-0.1, -0.05) is 6.07 Å². The summed E-state index contributed by atoms with van der Waals surface area (Å²) in [5.41, 5.74) is -0.102. The summed E-state index contributed by atoms with van der Waals surface area (Å²) in [6.45, 7) is 1.98. The van der Waals surface area contributed by atoms with Crippen LogP contribution in [-0.2, 0) is 0 Å². The van der Waals surface area contributed by atoms with Gasteiger partial charge in [-0.2, -0.15) is 4.98 Å². The van der Waals surface area contributed by atoms with Crippen LogP contribution in [0.3, 0.4) is 0 Å². The van der Waals surface area contributed by atoms with E-state index in [0.29, 0.717) is 11.8 Å². The summed E-state index contributed by atoms with van der Waals surface area (Å²) in [6, 6.07) is 3.95. The monoisotopic (exact) mass is 293 g/mol. The van der Waals surface area contributed by atoms with Crippen molar-refractivity contribution in [3.63, 3.8) is 0 Å². The van der Waals surface area contributed by atoms with Crippen molar-refractivity contribution in [1.29, 1.82) is 0 Å². The third-order valence-electron chi connectivity index (χ3n) is 3.04. The maximum absolute atomic E-state index is 11.1. The van der Waals surface area contributed by atoms with Gasteiger partial charge >= 0.3 is 5.69 Å². The lowest BCUT2D eigenvalue weighted by Crippen LogP contribution is -2.23. The average molecular weight is 293 g/mol. The first-order valence-electron chi connectivity index (χ1n) is 6.00. The van der Waals surface area contributed by atoms with Crippen LogP contribution < -0.4 is 10.2 Å². The van der Waals surface area contributed by atoms with E-state index in [1.165, 1.54) is 6.20 Å². The van der Waals surface area contributed by atoms with Crippen molar-refractivity contribution in [2.75, 3.05) is 24.3 Å². The van der Waals surface area contributed by atoms with Gasteiger partial charge in [-0.05, 0) is 18.4 Å². The van der Waals surface area contributed by atoms with Crippen LogP contribution in [0, 0.1) is 10.1 Å². The molecule has 0 saturated carbocycles. The van der Waals surface area contributed by atoms with Crippen LogP contribution in [0.2, 0.25) is 0 Å². The Hall–Kier alpha value is -2.22. The van der Waals surface area contributed by atoms with Gasteiger partial charge in [0.05, 0.1) is 11.0 Å². The molecule has 2 heterocycles. The molecule has 2 rings (SSSR count). The molecule has 2 aromatic heterocycles. The third-order valence-corrected chi connectivity index (χ3v) is 4.08. The van der Waals surface area contributed by atoms with Gasteiger partial charge in [0.2, 0.25) is 11.8 Å². The van der Waals surface area contributed by atoms with E-state index >= 15 is 0 Å². The van der Waals surface area contributed by atoms with Crippen molar-refractivity contribution >= 4 is 28.8 Å². The van der Waals surface area contributed by atoms with Crippen molar-refractivity contribution in [1.82, 2.24) is 9.97 Å². The summed E-state index contributed by atoms with van der Waals surface area (Å²) in [6.07, 6.45) is 1.23. The Balaban J connectivity index is 2.41. The van der Waals surface area contributed by atoms with Crippen LogP contribution in [0.5, 0.6) is 0 Å². The predicted octanol–water partition coefficient (Wildman–Crippen LogP) is 2.69. The van der Waals surface area contributed by atoms with Crippen molar-refractivity contribution in [3.8, 4) is 0 Å². The second kappa shape index (κ2) is 5.83. The molecule has 2 aromatic rings. The van der Waals surface area contributed by atoms with E-state index in [9.17, 15) is 10.1 Å². The Labute approximate surface area is 120 Å². The molecule has 0 bridgehead atoms. The number of aromatic nitrogens is 2. The van der Waals surface area contributed by atoms with E-state index in [2.05, 4.69) is 15.3 Å². The van der Waals surface area contributed by atoms with Gasteiger partial charge in [-0.25, -0.2) is 4.98 Å². The predicted molar refractivity (Wildman–Crippen MR) is 79.4 cm³/mol. The Morgan fingerprint density at radius 1 is 1.55 bits per heavy atom. The molecule has 1 N–H and O–H groups in total. The SMILES string of the molecule is CNc1ncc([N+](=O)[O-])c(N(C)C(C)c2cccs2)n1. The van der Waals surface area contributed by atoms with E-state index in [1.807, 2.05) is 24.4 Å². The van der Waals surface area contributed by atoms with Crippen LogP contribution in [0.1, 0.15) is 17.8 Å². The molecular weight excluding hydrogens is 278 g/mol. The Kier molecular flexibility index (Phi) is 4.14. The highest BCUT2D eigenvalue weighted by atomic mass is 32.1. The number of thiophene rings is 1. The van der Waals surface area contributed by atoms with Crippen molar-refractivity contribution in [2.45, 2.75) is 13.0 Å². The normalized spacial score (nSPS) is 11.9. The minimum Gasteiger partial charge on any atom is -0.357 e. The standard InChI is InChI=1S/C12H15N5O2S/c1-8(10-5-4-6-20-10)16(3)11-9(17(18)19)7-14-12(13-2)15-11/h4-8H,1-3H3,(H,13,14,15). The zero-order valence-corrected chi connectivity index (χ0v) is 12.2. The van der Waals surface area contributed by atoms with Crippen LogP contribution in [0.4, 0.5) is 17.5 Å². The van der Waals surface area contributed by atoms with Gasteiger partial charge in [0.1, 0.15) is 6.20 Å². The molecule has 0 aliphatic rings. The van der Waals surface area contributed by atoms with Crippen molar-refractivity contribution < 1.29 is 4.92 Å². The number of rotatable bonds is 5. The quantitative estimate of drug-likeness (QED) is 0.674. The van der Waals surface area contributed by atoms with Gasteiger partial charge in [0.15, 0.2) is 0 Å². The lowest BCUT2D eigenvalue weighted by Gasteiger charge is -2.24. The summed E-state index contributed by atoms with van der Waals surface area (Å²) in [7, 11) is 3.47. The summed E-state index contributed by atoms with van der Waals surface area (Å²) in [4.78, 5) is 21.7. The zero-order chi connectivity index (χ0) is 14.7. The summed E-state index contributed by atoms with van der Waals surface area (Å²) in [5.74, 6) is 0.658. The van der Waals surface area contributed by atoms with Gasteiger partial charge < -0.3 is 10.2 Å². The Bertz CT molecular complexity index is 602. The molecule has 20 heavy (non-hydrogen) atoms. The van der Waals surface area contributed by atoms with E-state index < -0.39 is 4.92 Å². The van der Waals surface area contributed by atoms with Crippen LogP contribution in [0.25, 0.3) is 0 Å². The molecule has 1 atom stereocenters. The van der Waals surface area contributed by atoms with Gasteiger partial charge in [-0.15, -0.1) is 11.3 Å². The molecule has 0 aliphatic heterocycles. The van der Waals surface area contributed by atoms with Gasteiger partial charge in [0, 0.05) is 19.0 Å². The van der Waals surface area contributed by atoms with Crippen molar-refractivity contribution in [2.24, 2.45) is 0 Å². The molecule has 0 radical (unpaired) electrons. The smallest absolute Gasteiger partial charge is 0.329 e. The lowest BCUT2D eigenvalue weighted by atomic mass is 10.2. The lowest BCUT2D eigenvalue weighted by molar-refractivity contribution is -0.384. The number of nitro groups is 1. The molecule has 0 spiro atoms. The Morgan fingerprint density at radius 3 is 2.85 bits per heavy atom. The second-order valence-corrected chi connectivity index (χ2v) is 5.19. The highest BCUT2D eigenvalue weighted by Gasteiger charge is 2.24. The second-order valence-electron chi connectivity index (χ2n) is 4.21. The van der Waals surface area contributed by atoms with Gasteiger partial charge in [-0.3, -0.25) is 10.1 Å². The topological polar surface area (TPSA) is 84.2 Å². The zero-order valence-electron chi connectivity index (χ0n) is 11.4. The van der Waals surface area contributed by atoms with Gasteiger partial charge in [0.25, 0.3) is 0 Å². The highest BCUT2D eigenvalue weighted by molar-refractivity contribution is 7.10. The molecule has 0 fully saturated rings. The number of nitrogens with one attached hydrogen (secondary N) is 1. The molecule has 8 heteroatoms. The van der Waals surface area contributed by atoms with E-state index in [-0.39, 0.29) is 11.7 Å². The maximum Gasteiger partial charge on any atom is 0.329 e. The first kappa shape index (κ1) is 14.2. The molecule has 7 nitrogen and oxygen atoms in total. The molecule has 0 saturated heterocycles. The molecule has 1 unspecified atom stereocenters. The van der Waals surface area contributed by atoms with E-state index in [4.69, 9.17) is 0 Å². The molecular formula is C12H15N5O2S. The summed E-state index contributed by atoms with van der Waals surface area (Å²) >= 11 is 1.61. The molecule has 106 valence electrons. The minimum absolute atomic E-state index is 0.00620. The minimum atomic E-state index is -0.466. The Morgan fingerprint density at radius 2 is 2.30 bits per heavy atom. The molecule has 0 aliphatic carbocycles. The fourth-order valence-corrected chi connectivity index (χ4v) is 2.61. The number of anilines is 2. The van der Waals surface area contributed by atoms with E-state index in [0.717, 1.165) is 4.88 Å². The summed E-state index contributed by atoms with van der Waals surface area (Å²) in [5, 5.41) is 15.9. The van der Waals surface area contributed by atoms with Crippen LogP contribution in [0.15, 0.2) is 23.7 Å². The molecule has 0 aromatic carbocycles. The van der Waals surface area contributed by atoms with E-state index in [1.54, 1.807) is 30.3 Å². The highest BCUT2D eigenvalue weighted by Crippen LogP contribution is 2.32. The number of hydrogen-bond acceptors (Lipinski definition) is 7. The fourth-order valence-electron chi connectivity index (χ4n) is 1.78. The fraction of sp³-hybridized carbons (Fsp3) is 0.333. The number of nitrogens with zero attached hydrogens (tertiary/aromatic N) is 4. The summed E-state index contributed by atoms with van der Waals surface area (Å²) < 4.78 is 0. The largest absolute Gasteiger partial charge is 0.357 e. The first-order chi connectivity index (χ1) is 9.54. The molecule has 0 amide bonds.